The van der Waals surface area contributed by atoms with Crippen molar-refractivity contribution in [2.45, 2.75) is 19.0 Å². The van der Waals surface area contributed by atoms with Crippen molar-refractivity contribution >= 4 is 41.4 Å². The van der Waals surface area contributed by atoms with E-state index in [0.717, 1.165) is 6.07 Å². The van der Waals surface area contributed by atoms with Crippen molar-refractivity contribution in [3.63, 3.8) is 0 Å². The van der Waals surface area contributed by atoms with E-state index in [-0.39, 0.29) is 17.1 Å². The third-order valence-corrected chi connectivity index (χ3v) is 4.04. The van der Waals surface area contributed by atoms with Crippen LogP contribution in [0.25, 0.3) is 6.08 Å². The van der Waals surface area contributed by atoms with Crippen molar-refractivity contribution in [1.82, 2.24) is 10.6 Å². The van der Waals surface area contributed by atoms with Crippen molar-refractivity contribution in [2.24, 2.45) is 5.73 Å². The average molecular weight is 438 g/mol. The SMILES string of the molecule is NC(=O)C[C@H](NC(=O)c1c(F)cc(CNC(=O)/C=C/c2ccco2)cc1Cl)C(=O)O. The molecule has 158 valence electrons. The highest BCUT2D eigenvalue weighted by molar-refractivity contribution is 6.34. The molecule has 0 aliphatic rings. The van der Waals surface area contributed by atoms with Gasteiger partial charge in [-0.2, -0.15) is 0 Å². The summed E-state index contributed by atoms with van der Waals surface area (Å²) in [7, 11) is 0. The van der Waals surface area contributed by atoms with Crippen molar-refractivity contribution in [3.8, 4) is 0 Å². The maximum Gasteiger partial charge on any atom is 0.326 e. The van der Waals surface area contributed by atoms with Crippen LogP contribution in [0.1, 0.15) is 28.1 Å². The molecule has 1 aromatic carbocycles. The van der Waals surface area contributed by atoms with E-state index in [9.17, 15) is 23.6 Å². The van der Waals surface area contributed by atoms with E-state index >= 15 is 0 Å². The Kier molecular flexibility index (Phi) is 7.70. The minimum Gasteiger partial charge on any atom is -0.480 e. The van der Waals surface area contributed by atoms with Gasteiger partial charge in [-0.15, -0.1) is 0 Å². The monoisotopic (exact) mass is 437 g/mol. The van der Waals surface area contributed by atoms with E-state index in [1.165, 1.54) is 24.5 Å². The fourth-order valence-corrected chi connectivity index (χ4v) is 2.68. The molecule has 9 nitrogen and oxygen atoms in total. The Morgan fingerprint density at radius 1 is 1.30 bits per heavy atom. The smallest absolute Gasteiger partial charge is 0.326 e. The molecule has 1 atom stereocenters. The Morgan fingerprint density at radius 2 is 2.03 bits per heavy atom. The number of carboxylic acid groups (broad SMARTS) is 1. The summed E-state index contributed by atoms with van der Waals surface area (Å²) in [5, 5.41) is 13.2. The summed E-state index contributed by atoms with van der Waals surface area (Å²) in [4.78, 5) is 46.0. The number of carboxylic acids is 1. The summed E-state index contributed by atoms with van der Waals surface area (Å²) in [5.41, 5.74) is 4.60. The lowest BCUT2D eigenvalue weighted by Crippen LogP contribution is -2.43. The Hall–Kier alpha value is -3.66. The molecule has 1 aromatic heterocycles. The van der Waals surface area contributed by atoms with Crippen molar-refractivity contribution in [1.29, 1.82) is 0 Å². The first-order valence-electron chi connectivity index (χ1n) is 8.46. The number of hydrogen-bond donors (Lipinski definition) is 4. The summed E-state index contributed by atoms with van der Waals surface area (Å²) in [6.45, 7) is -0.0840. The Labute approximate surface area is 174 Å². The molecule has 0 spiro atoms. The Morgan fingerprint density at radius 3 is 2.60 bits per heavy atom. The fraction of sp³-hybridized carbons (Fsp3) is 0.158. The number of amides is 3. The molecule has 11 heteroatoms. The lowest BCUT2D eigenvalue weighted by atomic mass is 10.1. The number of aliphatic carboxylic acids is 1. The van der Waals surface area contributed by atoms with Crippen LogP contribution in [-0.2, 0) is 20.9 Å². The van der Waals surface area contributed by atoms with Gasteiger partial charge in [0.1, 0.15) is 17.6 Å². The maximum atomic E-state index is 14.4. The van der Waals surface area contributed by atoms with E-state index in [2.05, 4.69) is 5.32 Å². The molecule has 3 amide bonds. The first-order valence-corrected chi connectivity index (χ1v) is 8.84. The first-order chi connectivity index (χ1) is 14.2. The van der Waals surface area contributed by atoms with Gasteiger partial charge in [-0.05, 0) is 35.9 Å². The molecular formula is C19H17ClFN3O6. The van der Waals surface area contributed by atoms with Crippen molar-refractivity contribution in [2.75, 3.05) is 0 Å². The topological polar surface area (TPSA) is 152 Å². The number of hydrogen-bond acceptors (Lipinski definition) is 5. The number of benzene rings is 1. The molecule has 1 heterocycles. The second-order valence-corrected chi connectivity index (χ2v) is 6.44. The van der Waals surface area contributed by atoms with Crippen LogP contribution in [-0.4, -0.2) is 34.8 Å². The van der Waals surface area contributed by atoms with Gasteiger partial charge < -0.3 is 25.9 Å². The van der Waals surface area contributed by atoms with Crippen LogP contribution < -0.4 is 16.4 Å². The van der Waals surface area contributed by atoms with Crippen molar-refractivity contribution in [3.05, 3.63) is 64.3 Å². The van der Waals surface area contributed by atoms with E-state index < -0.39 is 47.5 Å². The number of nitrogens with one attached hydrogen (secondary N) is 2. The number of carbonyl (C=O) groups is 4. The quantitative estimate of drug-likeness (QED) is 0.436. The Bertz CT molecular complexity index is 967. The van der Waals surface area contributed by atoms with Gasteiger partial charge in [0.25, 0.3) is 5.91 Å². The second-order valence-electron chi connectivity index (χ2n) is 6.04. The van der Waals surface area contributed by atoms with Gasteiger partial charge in [-0.3, -0.25) is 14.4 Å². The number of furan rings is 1. The predicted octanol–water partition coefficient (Wildman–Crippen LogP) is 1.46. The van der Waals surface area contributed by atoms with E-state index in [0.29, 0.717) is 5.76 Å². The van der Waals surface area contributed by atoms with Gasteiger partial charge in [0, 0.05) is 12.6 Å². The number of rotatable bonds is 9. The second kappa shape index (κ2) is 10.2. The first kappa shape index (κ1) is 22.6. The average Bonchev–Trinajstić information content (AvgIpc) is 3.16. The van der Waals surface area contributed by atoms with Gasteiger partial charge in [0.05, 0.1) is 23.3 Å². The summed E-state index contributed by atoms with van der Waals surface area (Å²) in [6, 6.07) is 3.90. The van der Waals surface area contributed by atoms with Crippen LogP contribution in [0, 0.1) is 5.82 Å². The summed E-state index contributed by atoms with van der Waals surface area (Å²) in [6.07, 6.45) is 3.45. The van der Waals surface area contributed by atoms with Gasteiger partial charge in [-0.25, -0.2) is 9.18 Å². The molecule has 0 bridgehead atoms. The number of primary amides is 1. The maximum absolute atomic E-state index is 14.4. The van der Waals surface area contributed by atoms with E-state index in [1.54, 1.807) is 12.1 Å². The van der Waals surface area contributed by atoms with Gasteiger partial charge in [0.2, 0.25) is 11.8 Å². The standard InChI is InChI=1S/C19H17ClFN3O6/c20-12-6-10(9-23-16(26)4-3-11-2-1-5-30-11)7-13(21)17(12)18(27)24-14(19(28)29)8-15(22)25/h1-7,14H,8-9H2,(H2,22,25)(H,23,26)(H,24,27)(H,28,29)/b4-3+/t14-/m0/s1. The molecule has 5 N–H and O–H groups in total. The molecular weight excluding hydrogens is 421 g/mol. The van der Waals surface area contributed by atoms with Crippen LogP contribution >= 0.6 is 11.6 Å². The highest BCUT2D eigenvalue weighted by atomic mass is 35.5. The number of halogens is 2. The zero-order valence-electron chi connectivity index (χ0n) is 15.4. The minimum absolute atomic E-state index is 0.0840. The summed E-state index contributed by atoms with van der Waals surface area (Å²) in [5.74, 6) is -4.62. The molecule has 0 unspecified atom stereocenters. The molecule has 0 saturated carbocycles. The molecule has 0 aliphatic heterocycles. The molecule has 0 saturated heterocycles. The third kappa shape index (κ3) is 6.45. The van der Waals surface area contributed by atoms with Gasteiger partial charge in [0.15, 0.2) is 0 Å². The van der Waals surface area contributed by atoms with Crippen LogP contribution in [0.2, 0.25) is 5.02 Å². The Balaban J connectivity index is 2.05. The van der Waals surface area contributed by atoms with Crippen LogP contribution in [0.3, 0.4) is 0 Å². The lowest BCUT2D eigenvalue weighted by Gasteiger charge is -2.14. The van der Waals surface area contributed by atoms with Gasteiger partial charge >= 0.3 is 5.97 Å². The lowest BCUT2D eigenvalue weighted by molar-refractivity contribution is -0.140. The molecule has 0 radical (unpaired) electrons. The zero-order chi connectivity index (χ0) is 22.3. The number of nitrogens with two attached hydrogens (primary N) is 1. The molecule has 30 heavy (non-hydrogen) atoms. The van der Waals surface area contributed by atoms with Crippen LogP contribution in [0.15, 0.2) is 41.0 Å². The van der Waals surface area contributed by atoms with Gasteiger partial charge in [-0.1, -0.05) is 11.6 Å². The minimum atomic E-state index is -1.63. The third-order valence-electron chi connectivity index (χ3n) is 3.75. The molecule has 2 aromatic rings. The normalized spacial score (nSPS) is 11.8. The predicted molar refractivity (Wildman–Crippen MR) is 104 cm³/mol. The summed E-state index contributed by atoms with van der Waals surface area (Å²) < 4.78 is 19.5. The largest absolute Gasteiger partial charge is 0.480 e. The molecule has 2 rings (SSSR count). The number of carbonyl (C=O) groups excluding carboxylic acids is 3. The van der Waals surface area contributed by atoms with Crippen LogP contribution in [0.4, 0.5) is 4.39 Å². The highest BCUT2D eigenvalue weighted by Crippen LogP contribution is 2.22. The van der Waals surface area contributed by atoms with E-state index in [4.69, 9.17) is 26.9 Å². The molecule has 0 fully saturated rings. The van der Waals surface area contributed by atoms with E-state index in [1.807, 2.05) is 5.32 Å². The van der Waals surface area contributed by atoms with Crippen LogP contribution in [0.5, 0.6) is 0 Å². The summed E-state index contributed by atoms with van der Waals surface area (Å²) >= 11 is 5.96. The van der Waals surface area contributed by atoms with Crippen molar-refractivity contribution < 1.29 is 33.1 Å². The highest BCUT2D eigenvalue weighted by Gasteiger charge is 2.25. The fourth-order valence-electron chi connectivity index (χ4n) is 2.37. The zero-order valence-corrected chi connectivity index (χ0v) is 16.1. The molecule has 0 aliphatic carbocycles.